The number of ether oxygens (including phenoxy) is 1. The van der Waals surface area contributed by atoms with E-state index in [0.29, 0.717) is 0 Å². The maximum atomic E-state index is 10.3. The van der Waals surface area contributed by atoms with E-state index in [1.165, 1.54) is 0 Å². The predicted octanol–water partition coefficient (Wildman–Crippen LogP) is 5.18. The number of aliphatic hydroxyl groups excluding tert-OH is 1. The molecule has 0 saturated carbocycles. The van der Waals surface area contributed by atoms with Crippen LogP contribution in [0.25, 0.3) is 0 Å². The van der Waals surface area contributed by atoms with Crippen LogP contribution in [-0.2, 0) is 9.16 Å². The van der Waals surface area contributed by atoms with Crippen molar-refractivity contribution in [2.24, 2.45) is 11.8 Å². The number of hydrogen-bond donors (Lipinski definition) is 1. The van der Waals surface area contributed by atoms with Gasteiger partial charge in [-0.25, -0.2) is 0 Å². The second-order valence-corrected chi connectivity index (χ2v) is 13.5. The highest BCUT2D eigenvalue weighted by Gasteiger charge is 2.41. The minimum atomic E-state index is -1.95. The van der Waals surface area contributed by atoms with Gasteiger partial charge in [0.25, 0.3) is 0 Å². The van der Waals surface area contributed by atoms with Crippen LogP contribution in [0.1, 0.15) is 48.5 Å². The zero-order valence-electron chi connectivity index (χ0n) is 17.5. The molecule has 0 aliphatic rings. The minimum Gasteiger partial charge on any atom is -0.410 e. The molecule has 0 heterocycles. The summed E-state index contributed by atoms with van der Waals surface area (Å²) >= 11 is 0. The Hall–Kier alpha value is -0.423. The van der Waals surface area contributed by atoms with Crippen molar-refractivity contribution >= 4 is 8.32 Å². The average molecular weight is 357 g/mol. The summed E-state index contributed by atoms with van der Waals surface area (Å²) in [7, 11) is -0.251. The standard InChI is InChI=1S/C20H40O3Si/c1-12-17(22-9)19(23-24(10,11)20(6,7)8)16(5)13-15(4)18(21)14(2)3/h12-14,16-19,21H,1H2,2-11H3/t16?,17-,18+,19-/m0/s1. The molecule has 0 aliphatic heterocycles. The van der Waals surface area contributed by atoms with Crippen LogP contribution in [-0.4, -0.2) is 38.8 Å². The van der Waals surface area contributed by atoms with Crippen molar-refractivity contribution in [3.63, 3.8) is 0 Å². The molecule has 0 spiro atoms. The molecule has 24 heavy (non-hydrogen) atoms. The van der Waals surface area contributed by atoms with Crippen molar-refractivity contribution in [1.82, 2.24) is 0 Å². The molecule has 4 atom stereocenters. The summed E-state index contributed by atoms with van der Waals surface area (Å²) in [6.07, 6.45) is 3.23. The lowest BCUT2D eigenvalue weighted by molar-refractivity contribution is 0.00566. The Kier molecular flexibility index (Phi) is 9.16. The second-order valence-electron chi connectivity index (χ2n) is 8.74. The van der Waals surface area contributed by atoms with Crippen LogP contribution in [0.15, 0.2) is 24.3 Å². The van der Waals surface area contributed by atoms with E-state index in [4.69, 9.17) is 9.16 Å². The summed E-state index contributed by atoms with van der Waals surface area (Å²) in [6, 6.07) is 0. The van der Waals surface area contributed by atoms with E-state index in [1.54, 1.807) is 7.11 Å². The first-order chi connectivity index (χ1) is 10.8. The van der Waals surface area contributed by atoms with Gasteiger partial charge < -0.3 is 14.3 Å². The molecule has 0 rings (SSSR count). The molecule has 142 valence electrons. The smallest absolute Gasteiger partial charge is 0.192 e. The van der Waals surface area contributed by atoms with Crippen LogP contribution in [0.2, 0.25) is 18.1 Å². The Labute approximate surface area is 151 Å². The Morgan fingerprint density at radius 1 is 1.17 bits per heavy atom. The third-order valence-electron chi connectivity index (χ3n) is 5.21. The molecule has 0 aromatic heterocycles. The zero-order chi connectivity index (χ0) is 19.3. The molecule has 1 unspecified atom stereocenters. The van der Waals surface area contributed by atoms with E-state index in [1.807, 2.05) is 26.8 Å². The molecule has 0 aromatic carbocycles. The molecule has 0 bridgehead atoms. The van der Waals surface area contributed by atoms with Gasteiger partial charge in [0, 0.05) is 13.0 Å². The lowest BCUT2D eigenvalue weighted by Gasteiger charge is -2.42. The van der Waals surface area contributed by atoms with E-state index in [-0.39, 0.29) is 29.1 Å². The fraction of sp³-hybridized carbons (Fsp3) is 0.800. The third kappa shape index (κ3) is 6.47. The van der Waals surface area contributed by atoms with Gasteiger partial charge in [0.1, 0.15) is 6.10 Å². The van der Waals surface area contributed by atoms with Crippen LogP contribution in [0.4, 0.5) is 0 Å². The number of hydrogen-bond acceptors (Lipinski definition) is 3. The van der Waals surface area contributed by atoms with Crippen molar-refractivity contribution in [3.05, 3.63) is 24.3 Å². The van der Waals surface area contributed by atoms with Gasteiger partial charge in [-0.3, -0.25) is 0 Å². The monoisotopic (exact) mass is 356 g/mol. The topological polar surface area (TPSA) is 38.7 Å². The zero-order valence-corrected chi connectivity index (χ0v) is 18.5. The van der Waals surface area contributed by atoms with Gasteiger partial charge in [0.05, 0.1) is 12.2 Å². The quantitative estimate of drug-likeness (QED) is 0.457. The molecule has 0 aromatic rings. The second kappa shape index (κ2) is 9.32. The van der Waals surface area contributed by atoms with Crippen LogP contribution in [0.3, 0.4) is 0 Å². The molecule has 0 radical (unpaired) electrons. The van der Waals surface area contributed by atoms with Crippen molar-refractivity contribution in [2.75, 3.05) is 7.11 Å². The van der Waals surface area contributed by atoms with Gasteiger partial charge in [0.15, 0.2) is 8.32 Å². The highest BCUT2D eigenvalue weighted by Crippen LogP contribution is 2.39. The lowest BCUT2D eigenvalue weighted by atomic mass is 9.93. The Morgan fingerprint density at radius 2 is 1.67 bits per heavy atom. The van der Waals surface area contributed by atoms with Crippen molar-refractivity contribution < 1.29 is 14.3 Å². The van der Waals surface area contributed by atoms with Gasteiger partial charge >= 0.3 is 0 Å². The van der Waals surface area contributed by atoms with Gasteiger partial charge in [-0.05, 0) is 36.5 Å². The predicted molar refractivity (Wildman–Crippen MR) is 107 cm³/mol. The fourth-order valence-electron chi connectivity index (χ4n) is 2.49. The highest BCUT2D eigenvalue weighted by molar-refractivity contribution is 6.74. The van der Waals surface area contributed by atoms with Gasteiger partial charge in [-0.2, -0.15) is 0 Å². The van der Waals surface area contributed by atoms with E-state index < -0.39 is 14.4 Å². The Balaban J connectivity index is 5.58. The van der Waals surface area contributed by atoms with E-state index in [2.05, 4.69) is 53.4 Å². The van der Waals surface area contributed by atoms with Crippen LogP contribution in [0.5, 0.6) is 0 Å². The number of aliphatic hydroxyl groups is 1. The molecule has 0 amide bonds. The van der Waals surface area contributed by atoms with Gasteiger partial charge in [0.2, 0.25) is 0 Å². The molecule has 0 fully saturated rings. The number of rotatable bonds is 9. The maximum absolute atomic E-state index is 10.3. The third-order valence-corrected chi connectivity index (χ3v) is 9.68. The summed E-state index contributed by atoms with van der Waals surface area (Å²) in [4.78, 5) is 0. The number of methoxy groups -OCH3 is 1. The van der Waals surface area contributed by atoms with Crippen LogP contribution < -0.4 is 0 Å². The minimum absolute atomic E-state index is 0.109. The van der Waals surface area contributed by atoms with E-state index >= 15 is 0 Å². The normalized spacial score (nSPS) is 19.1. The van der Waals surface area contributed by atoms with Gasteiger partial charge in [-0.15, -0.1) is 6.58 Å². The molecule has 0 aliphatic carbocycles. The van der Waals surface area contributed by atoms with Crippen LogP contribution >= 0.6 is 0 Å². The van der Waals surface area contributed by atoms with E-state index in [9.17, 15) is 5.11 Å². The molecular formula is C20H40O3Si. The Morgan fingerprint density at radius 3 is 2.00 bits per heavy atom. The maximum Gasteiger partial charge on any atom is 0.192 e. The molecule has 4 heteroatoms. The van der Waals surface area contributed by atoms with Crippen molar-refractivity contribution in [2.45, 2.75) is 84.9 Å². The first kappa shape index (κ1) is 23.6. The highest BCUT2D eigenvalue weighted by atomic mass is 28.4. The molecule has 1 N–H and O–H groups in total. The summed E-state index contributed by atoms with van der Waals surface area (Å²) in [6.45, 7) is 23.3. The largest absolute Gasteiger partial charge is 0.410 e. The van der Waals surface area contributed by atoms with Gasteiger partial charge in [-0.1, -0.05) is 53.7 Å². The molecule has 3 nitrogen and oxygen atoms in total. The van der Waals surface area contributed by atoms with Crippen molar-refractivity contribution in [1.29, 1.82) is 0 Å². The first-order valence-electron chi connectivity index (χ1n) is 8.98. The lowest BCUT2D eigenvalue weighted by Crippen LogP contribution is -2.49. The summed E-state index contributed by atoms with van der Waals surface area (Å²) in [5.41, 5.74) is 0.986. The summed E-state index contributed by atoms with van der Waals surface area (Å²) in [5.74, 6) is 0.321. The SMILES string of the molecule is C=C[C@H](OC)[C@@H](O[Si](C)(C)C(C)(C)C)C(C)C=C(C)[C@H](O)C(C)C. The summed E-state index contributed by atoms with van der Waals surface area (Å²) in [5, 5.41) is 10.4. The van der Waals surface area contributed by atoms with E-state index in [0.717, 1.165) is 5.57 Å². The average Bonchev–Trinajstić information content (AvgIpc) is 2.44. The fourth-order valence-corrected chi connectivity index (χ4v) is 3.87. The molecule has 0 saturated heterocycles. The Bertz CT molecular complexity index is 421. The molecular weight excluding hydrogens is 316 g/mol. The van der Waals surface area contributed by atoms with Crippen LogP contribution in [0, 0.1) is 11.8 Å². The summed E-state index contributed by atoms with van der Waals surface area (Å²) < 4.78 is 12.3. The first-order valence-corrected chi connectivity index (χ1v) is 11.9. The van der Waals surface area contributed by atoms with Crippen molar-refractivity contribution in [3.8, 4) is 0 Å².